The first kappa shape index (κ1) is 12.5. The molecule has 10 heavy (non-hydrogen) atoms. The monoisotopic (exact) mass is 192 g/mol. The van der Waals surface area contributed by atoms with Crippen LogP contribution in [0, 0.1) is 0 Å². The van der Waals surface area contributed by atoms with Crippen molar-refractivity contribution in [2.45, 2.75) is 0 Å². The van der Waals surface area contributed by atoms with E-state index in [4.69, 9.17) is 10.7 Å². The van der Waals surface area contributed by atoms with Gasteiger partial charge in [0.1, 0.15) is 0 Å². The van der Waals surface area contributed by atoms with E-state index in [1.807, 2.05) is 0 Å². The minimum Gasteiger partial charge on any atom is -0.214 e. The molecular weight excluding hydrogens is 186 g/mol. The molecular formula is C4H7ClF2O2S. The van der Waals surface area contributed by atoms with Crippen LogP contribution in [0.5, 0.6) is 0 Å². The van der Waals surface area contributed by atoms with Gasteiger partial charge in [0, 0.05) is 10.7 Å². The molecule has 0 N–H and O–H groups in total. The normalized spacial score (nSPS) is 9.50. The SMILES string of the molecule is C=CCS(=O)(=O)Cl.FCF. The third-order valence-corrected chi connectivity index (χ3v) is 1.33. The van der Waals surface area contributed by atoms with Crippen molar-refractivity contribution in [3.8, 4) is 0 Å². The Morgan fingerprint density at radius 2 is 1.80 bits per heavy atom. The summed E-state index contributed by atoms with van der Waals surface area (Å²) in [4.78, 5) is 0. The highest BCUT2D eigenvalue weighted by atomic mass is 35.7. The molecule has 0 atom stereocenters. The van der Waals surface area contributed by atoms with Gasteiger partial charge < -0.3 is 0 Å². The average Bonchev–Trinajstić information content (AvgIpc) is 1.63. The second-order valence-electron chi connectivity index (χ2n) is 1.10. The van der Waals surface area contributed by atoms with Crippen LogP contribution in [0.1, 0.15) is 0 Å². The van der Waals surface area contributed by atoms with E-state index in [2.05, 4.69) is 6.58 Å². The highest BCUT2D eigenvalue weighted by molar-refractivity contribution is 8.13. The summed E-state index contributed by atoms with van der Waals surface area (Å²) in [5.41, 5.74) is 0. The number of alkyl halides is 2. The lowest BCUT2D eigenvalue weighted by atomic mass is 10.8. The lowest BCUT2D eigenvalue weighted by Gasteiger charge is -1.79. The van der Waals surface area contributed by atoms with Crippen LogP contribution >= 0.6 is 10.7 Å². The van der Waals surface area contributed by atoms with Gasteiger partial charge in [-0.05, 0) is 0 Å². The van der Waals surface area contributed by atoms with Gasteiger partial charge in [0.2, 0.25) is 16.0 Å². The Morgan fingerprint density at radius 3 is 1.80 bits per heavy atom. The van der Waals surface area contributed by atoms with Crippen LogP contribution in [-0.2, 0) is 9.05 Å². The molecule has 0 spiro atoms. The van der Waals surface area contributed by atoms with E-state index < -0.39 is 16.0 Å². The Bertz CT molecular complexity index is 166. The van der Waals surface area contributed by atoms with E-state index in [0.717, 1.165) is 0 Å². The summed E-state index contributed by atoms with van der Waals surface area (Å²) in [6.45, 7) is 1.43. The summed E-state index contributed by atoms with van der Waals surface area (Å²) in [6.07, 6.45) is 1.24. The van der Waals surface area contributed by atoms with Crippen LogP contribution in [0.25, 0.3) is 0 Å². The van der Waals surface area contributed by atoms with Crippen LogP contribution in [0.3, 0.4) is 0 Å². The van der Waals surface area contributed by atoms with Crippen LogP contribution in [0.15, 0.2) is 12.7 Å². The standard InChI is InChI=1S/C3H5ClO2S.CH2F2/c1-2-3-7(4,5)6;2-1-3/h2H,1,3H2;1H2. The maximum absolute atomic E-state index is 9.93. The maximum Gasteiger partial charge on any atom is 0.236 e. The Morgan fingerprint density at radius 1 is 1.50 bits per heavy atom. The van der Waals surface area contributed by atoms with Gasteiger partial charge in [-0.25, -0.2) is 17.2 Å². The molecule has 0 bridgehead atoms. The fraction of sp³-hybridized carbons (Fsp3) is 0.500. The Balaban J connectivity index is 0. The molecule has 0 unspecified atom stereocenters. The van der Waals surface area contributed by atoms with Crippen LogP contribution in [0.4, 0.5) is 8.78 Å². The number of halogens is 3. The summed E-state index contributed by atoms with van der Waals surface area (Å²) in [7, 11) is 1.41. The molecule has 0 saturated heterocycles. The predicted octanol–water partition coefficient (Wildman–Crippen LogP) is 1.62. The summed E-state index contributed by atoms with van der Waals surface area (Å²) in [5, 5.41) is 0. The lowest BCUT2D eigenvalue weighted by molar-refractivity contribution is 0.295. The molecule has 0 aromatic heterocycles. The minimum absolute atomic E-state index is 0.158. The predicted molar refractivity (Wildman–Crippen MR) is 36.9 cm³/mol. The van der Waals surface area contributed by atoms with Crippen molar-refractivity contribution in [3.05, 3.63) is 12.7 Å². The molecule has 0 heterocycles. The highest BCUT2D eigenvalue weighted by Gasteiger charge is 1.97. The topological polar surface area (TPSA) is 34.1 Å². The van der Waals surface area contributed by atoms with Gasteiger partial charge in [0.15, 0.2) is 0 Å². The zero-order chi connectivity index (χ0) is 8.62. The van der Waals surface area contributed by atoms with Gasteiger partial charge in [-0.3, -0.25) is 0 Å². The molecule has 0 aliphatic heterocycles. The smallest absolute Gasteiger partial charge is 0.214 e. The number of hydrogen-bond acceptors (Lipinski definition) is 2. The molecule has 2 nitrogen and oxygen atoms in total. The van der Waals surface area contributed by atoms with Crippen LogP contribution < -0.4 is 0 Å². The van der Waals surface area contributed by atoms with Crippen molar-refractivity contribution >= 4 is 19.7 Å². The molecule has 0 aliphatic carbocycles. The van der Waals surface area contributed by atoms with E-state index in [-0.39, 0.29) is 5.75 Å². The molecule has 0 fully saturated rings. The van der Waals surface area contributed by atoms with E-state index in [1.54, 1.807) is 0 Å². The molecule has 0 saturated carbocycles. The van der Waals surface area contributed by atoms with Crippen LogP contribution in [0.2, 0.25) is 0 Å². The second-order valence-corrected chi connectivity index (χ2v) is 3.92. The van der Waals surface area contributed by atoms with Gasteiger partial charge in [-0.15, -0.1) is 6.58 Å². The lowest BCUT2D eigenvalue weighted by Crippen LogP contribution is -1.90. The summed E-state index contributed by atoms with van der Waals surface area (Å²) < 4.78 is 39.1. The molecule has 62 valence electrons. The molecule has 0 aromatic rings. The molecule has 0 amide bonds. The molecule has 0 aromatic carbocycles. The average molecular weight is 193 g/mol. The third kappa shape index (κ3) is 24.9. The minimum atomic E-state index is -3.32. The first-order chi connectivity index (χ1) is 4.47. The first-order valence-corrected chi connectivity index (χ1v) is 4.61. The van der Waals surface area contributed by atoms with E-state index in [1.165, 1.54) is 6.08 Å². The van der Waals surface area contributed by atoms with E-state index >= 15 is 0 Å². The van der Waals surface area contributed by atoms with Gasteiger partial charge in [-0.1, -0.05) is 6.08 Å². The summed E-state index contributed by atoms with van der Waals surface area (Å²) >= 11 is 0. The van der Waals surface area contributed by atoms with Crippen molar-refractivity contribution in [3.63, 3.8) is 0 Å². The van der Waals surface area contributed by atoms with E-state index in [0.29, 0.717) is 0 Å². The third-order valence-electron chi connectivity index (χ3n) is 0.317. The van der Waals surface area contributed by atoms with Crippen molar-refractivity contribution in [1.82, 2.24) is 0 Å². The second kappa shape index (κ2) is 6.95. The summed E-state index contributed by atoms with van der Waals surface area (Å²) in [6, 6.07) is 0. The molecule has 0 radical (unpaired) electrons. The Labute approximate surface area is 62.9 Å². The fourth-order valence-electron chi connectivity index (χ4n) is 0.141. The number of rotatable bonds is 2. The van der Waals surface area contributed by atoms with Crippen molar-refractivity contribution < 1.29 is 17.2 Å². The van der Waals surface area contributed by atoms with E-state index in [9.17, 15) is 17.2 Å². The Hall–Kier alpha value is -0.160. The Kier molecular flexibility index (Phi) is 8.70. The van der Waals surface area contributed by atoms with Gasteiger partial charge in [0.05, 0.1) is 5.75 Å². The number of hydrogen-bond donors (Lipinski definition) is 0. The van der Waals surface area contributed by atoms with Crippen LogP contribution in [-0.4, -0.2) is 21.1 Å². The van der Waals surface area contributed by atoms with Gasteiger partial charge >= 0.3 is 0 Å². The van der Waals surface area contributed by atoms with Crippen molar-refractivity contribution in [2.24, 2.45) is 0 Å². The summed E-state index contributed by atoms with van der Waals surface area (Å²) in [5.74, 6) is -0.158. The van der Waals surface area contributed by atoms with Gasteiger partial charge in [0.25, 0.3) is 0 Å². The zero-order valence-electron chi connectivity index (χ0n) is 5.06. The molecule has 0 rings (SSSR count). The highest BCUT2D eigenvalue weighted by Crippen LogP contribution is 1.93. The quantitative estimate of drug-likeness (QED) is 0.492. The van der Waals surface area contributed by atoms with Crippen molar-refractivity contribution in [1.29, 1.82) is 0 Å². The maximum atomic E-state index is 9.93. The largest absolute Gasteiger partial charge is 0.236 e. The fourth-order valence-corrected chi connectivity index (χ4v) is 0.690. The molecule has 6 heteroatoms. The first-order valence-electron chi connectivity index (χ1n) is 2.13. The zero-order valence-corrected chi connectivity index (χ0v) is 6.63. The van der Waals surface area contributed by atoms with Gasteiger partial charge in [-0.2, -0.15) is 0 Å². The molecule has 0 aliphatic rings. The van der Waals surface area contributed by atoms with Crippen molar-refractivity contribution in [2.75, 3.05) is 12.7 Å².